The highest BCUT2D eigenvalue weighted by Gasteiger charge is 2.19. The Morgan fingerprint density at radius 3 is 2.80 bits per heavy atom. The van der Waals surface area contributed by atoms with Crippen LogP contribution in [-0.2, 0) is 4.79 Å². The topological polar surface area (TPSA) is 32.3 Å². The van der Waals surface area contributed by atoms with Gasteiger partial charge in [0, 0.05) is 23.5 Å². The molecule has 1 saturated carbocycles. The lowest BCUT2D eigenvalue weighted by Gasteiger charge is -2.23. The Hall–Kier alpha value is -0.940. The molecule has 0 unspecified atom stereocenters. The normalized spacial score (nSPS) is 15.8. The third kappa shape index (κ3) is 4.28. The first-order valence-corrected chi connectivity index (χ1v) is 7.80. The monoisotopic (exact) mass is 342 g/mol. The number of nitrogens with one attached hydrogen (secondary N) is 1. The molecular weight excluding hydrogens is 323 g/mol. The van der Waals surface area contributed by atoms with E-state index in [0.29, 0.717) is 23.5 Å². The maximum atomic E-state index is 13.6. The van der Waals surface area contributed by atoms with Crippen molar-refractivity contribution in [3.63, 3.8) is 0 Å². The molecule has 0 aliphatic heterocycles. The zero-order valence-corrected chi connectivity index (χ0v) is 13.2. The van der Waals surface area contributed by atoms with Crippen molar-refractivity contribution in [2.75, 3.05) is 18.9 Å². The molecule has 1 aromatic rings. The van der Waals surface area contributed by atoms with Crippen molar-refractivity contribution in [1.29, 1.82) is 0 Å². The summed E-state index contributed by atoms with van der Waals surface area (Å²) in [7, 11) is 2.06. The van der Waals surface area contributed by atoms with E-state index in [9.17, 15) is 9.18 Å². The number of benzene rings is 1. The van der Waals surface area contributed by atoms with Gasteiger partial charge in [0.25, 0.3) is 0 Å². The summed E-state index contributed by atoms with van der Waals surface area (Å²) in [6, 6.07) is 5.23. The smallest absolute Gasteiger partial charge is 0.225 e. The standard InChI is InChI=1S/C15H20BrFN2O/c1-19(12-4-2-3-5-12)9-8-15(20)18-14-7-6-11(16)10-13(14)17/h6-7,10,12H,2-5,8-9H2,1H3,(H,18,20). The van der Waals surface area contributed by atoms with Gasteiger partial charge in [-0.3, -0.25) is 4.79 Å². The van der Waals surface area contributed by atoms with Crippen LogP contribution in [0, 0.1) is 5.82 Å². The van der Waals surface area contributed by atoms with Crippen LogP contribution in [0.2, 0.25) is 0 Å². The molecule has 2 rings (SSSR count). The van der Waals surface area contributed by atoms with Crippen LogP contribution in [0.3, 0.4) is 0 Å². The molecule has 1 N–H and O–H groups in total. The largest absolute Gasteiger partial charge is 0.324 e. The number of hydrogen-bond acceptors (Lipinski definition) is 2. The summed E-state index contributed by atoms with van der Waals surface area (Å²) in [5.41, 5.74) is 0.238. The Labute approximate surface area is 127 Å². The molecule has 1 aliphatic carbocycles. The van der Waals surface area contributed by atoms with Crippen LogP contribution in [0.25, 0.3) is 0 Å². The minimum atomic E-state index is -0.420. The quantitative estimate of drug-likeness (QED) is 0.882. The summed E-state index contributed by atoms with van der Waals surface area (Å²) in [5.74, 6) is -0.562. The molecule has 0 aromatic heterocycles. The summed E-state index contributed by atoms with van der Waals surface area (Å²) in [6.45, 7) is 0.717. The van der Waals surface area contributed by atoms with Gasteiger partial charge >= 0.3 is 0 Å². The molecule has 0 atom stereocenters. The Morgan fingerprint density at radius 1 is 1.45 bits per heavy atom. The SMILES string of the molecule is CN(CCC(=O)Nc1ccc(Br)cc1F)C1CCCC1. The second kappa shape index (κ2) is 7.18. The highest BCUT2D eigenvalue weighted by atomic mass is 79.9. The molecule has 1 aliphatic rings. The van der Waals surface area contributed by atoms with Crippen LogP contribution in [0.1, 0.15) is 32.1 Å². The van der Waals surface area contributed by atoms with Crippen LogP contribution >= 0.6 is 15.9 Å². The van der Waals surface area contributed by atoms with E-state index in [-0.39, 0.29) is 11.6 Å². The van der Waals surface area contributed by atoms with Crippen molar-refractivity contribution >= 4 is 27.5 Å². The van der Waals surface area contributed by atoms with Gasteiger partial charge in [-0.15, -0.1) is 0 Å². The lowest BCUT2D eigenvalue weighted by atomic mass is 10.2. The number of halogens is 2. The highest BCUT2D eigenvalue weighted by molar-refractivity contribution is 9.10. The summed E-state index contributed by atoms with van der Waals surface area (Å²) in [5, 5.41) is 2.62. The molecule has 0 heterocycles. The van der Waals surface area contributed by atoms with Crippen molar-refractivity contribution in [3.05, 3.63) is 28.5 Å². The number of rotatable bonds is 5. The maximum Gasteiger partial charge on any atom is 0.225 e. The van der Waals surface area contributed by atoms with E-state index in [1.165, 1.54) is 31.7 Å². The molecule has 1 amide bonds. The Kier molecular flexibility index (Phi) is 5.54. The Morgan fingerprint density at radius 2 is 2.15 bits per heavy atom. The first-order valence-electron chi connectivity index (χ1n) is 7.01. The molecule has 0 spiro atoms. The molecule has 110 valence electrons. The van der Waals surface area contributed by atoms with Crippen LogP contribution in [0.5, 0.6) is 0 Å². The van der Waals surface area contributed by atoms with Gasteiger partial charge in [0.2, 0.25) is 5.91 Å². The van der Waals surface area contributed by atoms with E-state index in [1.54, 1.807) is 12.1 Å². The maximum absolute atomic E-state index is 13.6. The van der Waals surface area contributed by atoms with Gasteiger partial charge in [0.15, 0.2) is 0 Å². The van der Waals surface area contributed by atoms with Crippen molar-refractivity contribution in [1.82, 2.24) is 4.90 Å². The van der Waals surface area contributed by atoms with Crippen molar-refractivity contribution < 1.29 is 9.18 Å². The van der Waals surface area contributed by atoms with E-state index < -0.39 is 5.82 Å². The van der Waals surface area contributed by atoms with Gasteiger partial charge in [-0.2, -0.15) is 0 Å². The number of anilines is 1. The van der Waals surface area contributed by atoms with Gasteiger partial charge < -0.3 is 10.2 Å². The summed E-state index contributed by atoms with van der Waals surface area (Å²) in [4.78, 5) is 14.1. The Bertz CT molecular complexity index is 475. The zero-order chi connectivity index (χ0) is 14.5. The predicted octanol–water partition coefficient (Wildman–Crippen LogP) is 3.79. The number of hydrogen-bond donors (Lipinski definition) is 1. The fraction of sp³-hybridized carbons (Fsp3) is 0.533. The number of carbonyl (C=O) groups excluding carboxylic acids is 1. The molecule has 1 aromatic carbocycles. The first kappa shape index (κ1) is 15.4. The summed E-state index contributed by atoms with van der Waals surface area (Å²) in [6.07, 6.45) is 5.40. The second-order valence-electron chi connectivity index (χ2n) is 5.34. The zero-order valence-electron chi connectivity index (χ0n) is 11.7. The van der Waals surface area contributed by atoms with Crippen molar-refractivity contribution in [2.24, 2.45) is 0 Å². The van der Waals surface area contributed by atoms with Gasteiger partial charge in [0.1, 0.15) is 5.82 Å². The number of nitrogens with zero attached hydrogens (tertiary/aromatic N) is 1. The second-order valence-corrected chi connectivity index (χ2v) is 6.26. The van der Waals surface area contributed by atoms with Crippen LogP contribution in [-0.4, -0.2) is 30.4 Å². The molecule has 0 saturated heterocycles. The fourth-order valence-electron chi connectivity index (χ4n) is 2.61. The molecule has 5 heteroatoms. The lowest BCUT2D eigenvalue weighted by molar-refractivity contribution is -0.116. The minimum Gasteiger partial charge on any atom is -0.324 e. The van der Waals surface area contributed by atoms with Gasteiger partial charge in [0.05, 0.1) is 5.69 Å². The van der Waals surface area contributed by atoms with Gasteiger partial charge in [-0.05, 0) is 38.1 Å². The van der Waals surface area contributed by atoms with Gasteiger partial charge in [-0.25, -0.2) is 4.39 Å². The van der Waals surface area contributed by atoms with Crippen molar-refractivity contribution in [3.8, 4) is 0 Å². The predicted molar refractivity (Wildman–Crippen MR) is 82.2 cm³/mol. The fourth-order valence-corrected chi connectivity index (χ4v) is 2.94. The molecule has 3 nitrogen and oxygen atoms in total. The van der Waals surface area contributed by atoms with E-state index in [1.807, 2.05) is 0 Å². The number of carbonyl (C=O) groups is 1. The average molecular weight is 343 g/mol. The molecule has 1 fully saturated rings. The van der Waals surface area contributed by atoms with E-state index in [0.717, 1.165) is 0 Å². The van der Waals surface area contributed by atoms with E-state index in [2.05, 4.69) is 33.2 Å². The van der Waals surface area contributed by atoms with E-state index >= 15 is 0 Å². The van der Waals surface area contributed by atoms with Crippen LogP contribution in [0.4, 0.5) is 10.1 Å². The summed E-state index contributed by atoms with van der Waals surface area (Å²) >= 11 is 3.19. The number of amides is 1. The third-order valence-corrected chi connectivity index (χ3v) is 4.34. The summed E-state index contributed by atoms with van der Waals surface area (Å²) < 4.78 is 14.3. The van der Waals surface area contributed by atoms with Gasteiger partial charge in [-0.1, -0.05) is 28.8 Å². The molecular formula is C15H20BrFN2O. The molecule has 20 heavy (non-hydrogen) atoms. The minimum absolute atomic E-state index is 0.143. The van der Waals surface area contributed by atoms with E-state index in [4.69, 9.17) is 0 Å². The molecule has 0 radical (unpaired) electrons. The average Bonchev–Trinajstić information content (AvgIpc) is 2.93. The molecule has 0 bridgehead atoms. The highest BCUT2D eigenvalue weighted by Crippen LogP contribution is 2.22. The van der Waals surface area contributed by atoms with Crippen molar-refractivity contribution in [2.45, 2.75) is 38.1 Å². The first-order chi connectivity index (χ1) is 9.56. The van der Waals surface area contributed by atoms with Crippen LogP contribution < -0.4 is 5.32 Å². The lowest BCUT2D eigenvalue weighted by Crippen LogP contribution is -2.32. The third-order valence-electron chi connectivity index (χ3n) is 3.84. The Balaban J connectivity index is 1.80. The van der Waals surface area contributed by atoms with Crippen LogP contribution in [0.15, 0.2) is 22.7 Å².